The molecule has 0 atom stereocenters. The number of guanidine groups is 1. The summed E-state index contributed by atoms with van der Waals surface area (Å²) in [5.41, 5.74) is 0. The van der Waals surface area contributed by atoms with Crippen molar-refractivity contribution in [3.63, 3.8) is 0 Å². The summed E-state index contributed by atoms with van der Waals surface area (Å²) in [6.07, 6.45) is 3.23. The quantitative estimate of drug-likeness (QED) is 0.301. The van der Waals surface area contributed by atoms with E-state index in [2.05, 4.69) is 58.4 Å². The van der Waals surface area contributed by atoms with E-state index in [1.807, 2.05) is 0 Å². The molecule has 1 aromatic heterocycles. The van der Waals surface area contributed by atoms with Gasteiger partial charge in [0.05, 0.1) is 12.7 Å². The fraction of sp³-hybridized carbons (Fsp3) is 0.842. The molecule has 0 radical (unpaired) electrons. The zero-order valence-corrected chi connectivity index (χ0v) is 20.2. The molecular formula is C19H37IN6O2. The largest absolute Gasteiger partial charge is 0.377 e. The number of ether oxygens (including phenoxy) is 1. The molecule has 28 heavy (non-hydrogen) atoms. The number of aromatic nitrogens is 2. The van der Waals surface area contributed by atoms with Crippen LogP contribution < -0.4 is 10.6 Å². The number of nitrogens with zero attached hydrogens (tertiary/aromatic N) is 4. The van der Waals surface area contributed by atoms with Crippen molar-refractivity contribution in [1.29, 1.82) is 0 Å². The van der Waals surface area contributed by atoms with Crippen LogP contribution in [-0.4, -0.2) is 73.0 Å². The van der Waals surface area contributed by atoms with Crippen molar-refractivity contribution in [2.24, 2.45) is 4.99 Å². The van der Waals surface area contributed by atoms with Crippen molar-refractivity contribution < 1.29 is 9.26 Å². The van der Waals surface area contributed by atoms with Gasteiger partial charge in [-0.15, -0.1) is 24.0 Å². The van der Waals surface area contributed by atoms with Crippen LogP contribution in [0.4, 0.5) is 0 Å². The van der Waals surface area contributed by atoms with Gasteiger partial charge in [-0.1, -0.05) is 19.0 Å². The average Bonchev–Trinajstić information content (AvgIpc) is 3.11. The Morgan fingerprint density at radius 2 is 2.00 bits per heavy atom. The molecule has 2 rings (SSSR count). The summed E-state index contributed by atoms with van der Waals surface area (Å²) in [7, 11) is 1.80. The number of halogens is 1. The number of likely N-dealkylation sites (tertiary alicyclic amines) is 1. The van der Waals surface area contributed by atoms with E-state index in [9.17, 15) is 0 Å². The Morgan fingerprint density at radius 1 is 1.29 bits per heavy atom. The van der Waals surface area contributed by atoms with E-state index in [1.165, 1.54) is 0 Å². The third-order valence-corrected chi connectivity index (χ3v) is 4.64. The fourth-order valence-electron chi connectivity index (χ4n) is 3.00. The van der Waals surface area contributed by atoms with Gasteiger partial charge in [0.25, 0.3) is 0 Å². The maximum Gasteiger partial charge on any atom is 0.228 e. The molecular weight excluding hydrogens is 471 g/mol. The van der Waals surface area contributed by atoms with Crippen LogP contribution in [-0.2, 0) is 11.2 Å². The van der Waals surface area contributed by atoms with Crippen LogP contribution in [0.25, 0.3) is 0 Å². The highest BCUT2D eigenvalue weighted by Crippen LogP contribution is 2.11. The van der Waals surface area contributed by atoms with Crippen molar-refractivity contribution in [1.82, 2.24) is 25.7 Å². The first-order valence-corrected chi connectivity index (χ1v) is 10.1. The molecule has 0 unspecified atom stereocenters. The SMILES string of the molecule is CN=C(NCCc1nc(C(C)C)no1)NC1CCN(CCOC(C)C)CC1.I. The van der Waals surface area contributed by atoms with Crippen LogP contribution in [0, 0.1) is 0 Å². The molecule has 0 bridgehead atoms. The molecule has 2 heterocycles. The number of aliphatic imine (C=N–C) groups is 1. The van der Waals surface area contributed by atoms with E-state index in [0.717, 1.165) is 50.9 Å². The van der Waals surface area contributed by atoms with E-state index < -0.39 is 0 Å². The molecule has 2 N–H and O–H groups in total. The standard InChI is InChI=1S/C19H36N6O2.HI/c1-14(2)18-23-17(27-24-18)6-9-21-19(20-5)22-16-7-10-25(11-8-16)12-13-26-15(3)4;/h14-16H,6-13H2,1-5H3,(H2,20,21,22);1H. The van der Waals surface area contributed by atoms with Gasteiger partial charge in [0.2, 0.25) is 5.89 Å². The van der Waals surface area contributed by atoms with Gasteiger partial charge in [-0.2, -0.15) is 4.98 Å². The van der Waals surface area contributed by atoms with Crippen molar-refractivity contribution in [2.75, 3.05) is 39.8 Å². The van der Waals surface area contributed by atoms with Gasteiger partial charge < -0.3 is 24.8 Å². The lowest BCUT2D eigenvalue weighted by molar-refractivity contribution is 0.0532. The Kier molecular flexibility index (Phi) is 11.9. The second kappa shape index (κ2) is 13.3. The molecule has 1 saturated heterocycles. The van der Waals surface area contributed by atoms with Crippen molar-refractivity contribution in [2.45, 2.75) is 65.0 Å². The van der Waals surface area contributed by atoms with E-state index in [4.69, 9.17) is 9.26 Å². The maximum atomic E-state index is 5.64. The monoisotopic (exact) mass is 508 g/mol. The smallest absolute Gasteiger partial charge is 0.228 e. The zero-order chi connectivity index (χ0) is 19.6. The first-order chi connectivity index (χ1) is 13.0. The molecule has 9 heteroatoms. The van der Waals surface area contributed by atoms with E-state index in [-0.39, 0.29) is 29.9 Å². The van der Waals surface area contributed by atoms with Gasteiger partial charge >= 0.3 is 0 Å². The Morgan fingerprint density at radius 3 is 2.57 bits per heavy atom. The first kappa shape index (κ1) is 25.1. The zero-order valence-electron chi connectivity index (χ0n) is 17.9. The molecule has 8 nitrogen and oxygen atoms in total. The third-order valence-electron chi connectivity index (χ3n) is 4.64. The van der Waals surface area contributed by atoms with Crippen LogP contribution in [0.15, 0.2) is 9.52 Å². The predicted octanol–water partition coefficient (Wildman–Crippen LogP) is 2.41. The van der Waals surface area contributed by atoms with Crippen LogP contribution in [0.2, 0.25) is 0 Å². The third kappa shape index (κ3) is 9.04. The molecule has 0 saturated carbocycles. The number of nitrogens with one attached hydrogen (secondary N) is 2. The molecule has 0 aliphatic carbocycles. The van der Waals surface area contributed by atoms with Crippen molar-refractivity contribution in [3.8, 4) is 0 Å². The molecule has 0 spiro atoms. The minimum absolute atomic E-state index is 0. The summed E-state index contributed by atoms with van der Waals surface area (Å²) in [4.78, 5) is 11.2. The van der Waals surface area contributed by atoms with E-state index >= 15 is 0 Å². The van der Waals surface area contributed by atoms with Gasteiger partial charge in [0, 0.05) is 51.6 Å². The highest BCUT2D eigenvalue weighted by molar-refractivity contribution is 14.0. The molecule has 1 aliphatic rings. The van der Waals surface area contributed by atoms with E-state index in [1.54, 1.807) is 7.05 Å². The lowest BCUT2D eigenvalue weighted by atomic mass is 10.1. The summed E-state index contributed by atoms with van der Waals surface area (Å²) in [6.45, 7) is 13.0. The summed E-state index contributed by atoms with van der Waals surface area (Å²) in [5.74, 6) is 2.55. The topological polar surface area (TPSA) is 87.8 Å². The molecule has 162 valence electrons. The number of hydrogen-bond donors (Lipinski definition) is 2. The Labute approximate surface area is 186 Å². The second-order valence-corrected chi connectivity index (χ2v) is 7.63. The maximum absolute atomic E-state index is 5.64. The van der Waals surface area contributed by atoms with Crippen LogP contribution in [0.1, 0.15) is 58.2 Å². The minimum atomic E-state index is 0. The van der Waals surface area contributed by atoms with Gasteiger partial charge in [-0.25, -0.2) is 0 Å². The van der Waals surface area contributed by atoms with Crippen molar-refractivity contribution >= 4 is 29.9 Å². The van der Waals surface area contributed by atoms with Gasteiger partial charge in [-0.05, 0) is 26.7 Å². The molecule has 0 amide bonds. The van der Waals surface area contributed by atoms with Crippen LogP contribution >= 0.6 is 24.0 Å². The second-order valence-electron chi connectivity index (χ2n) is 7.63. The number of piperidine rings is 1. The fourth-order valence-corrected chi connectivity index (χ4v) is 3.00. The molecule has 1 fully saturated rings. The predicted molar refractivity (Wildman–Crippen MR) is 123 cm³/mol. The van der Waals surface area contributed by atoms with Gasteiger partial charge in [-0.3, -0.25) is 4.99 Å². The van der Waals surface area contributed by atoms with Crippen LogP contribution in [0.3, 0.4) is 0 Å². The molecule has 0 aromatic carbocycles. The Bertz CT molecular complexity index is 571. The lowest BCUT2D eigenvalue weighted by Crippen LogP contribution is -2.49. The Hall–Kier alpha value is -0.940. The number of hydrogen-bond acceptors (Lipinski definition) is 6. The average molecular weight is 508 g/mol. The normalized spacial score (nSPS) is 16.5. The summed E-state index contributed by atoms with van der Waals surface area (Å²) in [5, 5.41) is 10.9. The molecule has 1 aromatic rings. The lowest BCUT2D eigenvalue weighted by Gasteiger charge is -2.33. The highest BCUT2D eigenvalue weighted by atomic mass is 127. The van der Waals surface area contributed by atoms with E-state index in [0.29, 0.717) is 31.0 Å². The molecule has 1 aliphatic heterocycles. The summed E-state index contributed by atoms with van der Waals surface area (Å²) >= 11 is 0. The highest BCUT2D eigenvalue weighted by Gasteiger charge is 2.20. The number of rotatable bonds is 9. The Balaban J connectivity index is 0.00000392. The minimum Gasteiger partial charge on any atom is -0.377 e. The van der Waals surface area contributed by atoms with Crippen LogP contribution in [0.5, 0.6) is 0 Å². The van der Waals surface area contributed by atoms with Gasteiger partial charge in [0.1, 0.15) is 0 Å². The first-order valence-electron chi connectivity index (χ1n) is 10.1. The van der Waals surface area contributed by atoms with Crippen molar-refractivity contribution in [3.05, 3.63) is 11.7 Å². The summed E-state index contributed by atoms with van der Waals surface area (Å²) < 4.78 is 10.9. The summed E-state index contributed by atoms with van der Waals surface area (Å²) in [6, 6.07) is 0.453. The van der Waals surface area contributed by atoms with Gasteiger partial charge in [0.15, 0.2) is 11.8 Å².